The van der Waals surface area contributed by atoms with Crippen LogP contribution in [0.5, 0.6) is 0 Å². The van der Waals surface area contributed by atoms with Crippen LogP contribution < -0.4 is 5.43 Å². The monoisotopic (exact) mass is 163 g/mol. The molecule has 1 heterocycles. The van der Waals surface area contributed by atoms with E-state index in [9.17, 15) is 4.79 Å². The third-order valence-corrected chi connectivity index (χ3v) is 1.11. The lowest BCUT2D eigenvalue weighted by Crippen LogP contribution is -2.12. The summed E-state index contributed by atoms with van der Waals surface area (Å²) in [5.74, 6) is -0.192. The number of amides is 1. The Bertz CT molecular complexity index is 282. The van der Waals surface area contributed by atoms with Gasteiger partial charge >= 0.3 is 0 Å². The van der Waals surface area contributed by atoms with E-state index in [4.69, 9.17) is 0 Å². The molecule has 0 aromatic carbocycles. The van der Waals surface area contributed by atoms with Crippen molar-refractivity contribution in [3.8, 4) is 0 Å². The third-order valence-electron chi connectivity index (χ3n) is 1.11. The lowest BCUT2D eigenvalue weighted by atomic mass is 10.4. The summed E-state index contributed by atoms with van der Waals surface area (Å²) < 4.78 is 0. The van der Waals surface area contributed by atoms with Crippen LogP contribution in [-0.2, 0) is 4.79 Å². The van der Waals surface area contributed by atoms with Crippen molar-refractivity contribution >= 4 is 12.1 Å². The van der Waals surface area contributed by atoms with Crippen molar-refractivity contribution in [2.45, 2.75) is 6.92 Å². The summed E-state index contributed by atoms with van der Waals surface area (Å²) in [7, 11) is 0. The Hall–Kier alpha value is -1.71. The van der Waals surface area contributed by atoms with Crippen LogP contribution in [0.15, 0.2) is 29.5 Å². The molecule has 4 nitrogen and oxygen atoms in total. The van der Waals surface area contributed by atoms with Crippen LogP contribution in [-0.4, -0.2) is 17.1 Å². The fourth-order valence-corrected chi connectivity index (χ4v) is 0.642. The highest BCUT2D eigenvalue weighted by molar-refractivity contribution is 5.79. The van der Waals surface area contributed by atoms with Gasteiger partial charge in [0.05, 0.1) is 11.9 Å². The summed E-state index contributed by atoms with van der Waals surface area (Å²) in [4.78, 5) is 14.4. The molecule has 1 aromatic heterocycles. The Labute approximate surface area is 70.3 Å². The largest absolute Gasteiger partial charge is 0.274 e. The number of hydrazone groups is 1. The molecule has 1 rings (SSSR count). The molecule has 0 atom stereocenters. The Morgan fingerprint density at radius 3 is 3.08 bits per heavy atom. The van der Waals surface area contributed by atoms with Gasteiger partial charge in [-0.1, -0.05) is 6.07 Å². The van der Waals surface area contributed by atoms with Crippen molar-refractivity contribution in [3.05, 3.63) is 30.1 Å². The normalized spacial score (nSPS) is 10.1. The standard InChI is InChI=1S/C8H9N3O/c1-7(12)11-10-6-8-4-2-3-5-9-8/h2-6H,1H3,(H,11,12). The van der Waals surface area contributed by atoms with Crippen molar-refractivity contribution < 1.29 is 4.79 Å². The lowest BCUT2D eigenvalue weighted by Gasteiger charge is -1.90. The minimum absolute atomic E-state index is 0.192. The van der Waals surface area contributed by atoms with E-state index >= 15 is 0 Å². The molecule has 4 heteroatoms. The van der Waals surface area contributed by atoms with E-state index in [1.165, 1.54) is 13.1 Å². The molecule has 0 spiro atoms. The molecule has 1 amide bonds. The molecule has 0 aliphatic carbocycles. The van der Waals surface area contributed by atoms with Gasteiger partial charge in [0, 0.05) is 13.1 Å². The molecule has 1 aromatic rings. The molecule has 0 saturated carbocycles. The summed E-state index contributed by atoms with van der Waals surface area (Å²) >= 11 is 0. The molecular weight excluding hydrogens is 154 g/mol. The SMILES string of the molecule is CC(=O)NN=Cc1ccccn1. The smallest absolute Gasteiger partial charge is 0.236 e. The second-order valence-corrected chi connectivity index (χ2v) is 2.18. The van der Waals surface area contributed by atoms with Crippen molar-refractivity contribution in [1.82, 2.24) is 10.4 Å². The summed E-state index contributed by atoms with van der Waals surface area (Å²) in [5.41, 5.74) is 3.00. The van der Waals surface area contributed by atoms with Crippen LogP contribution in [0.1, 0.15) is 12.6 Å². The summed E-state index contributed by atoms with van der Waals surface area (Å²) in [6.45, 7) is 1.40. The molecule has 62 valence electrons. The van der Waals surface area contributed by atoms with E-state index in [1.807, 2.05) is 12.1 Å². The number of carbonyl (C=O) groups excluding carboxylic acids is 1. The van der Waals surface area contributed by atoms with Crippen LogP contribution in [0.3, 0.4) is 0 Å². The van der Waals surface area contributed by atoms with Gasteiger partial charge in [-0.15, -0.1) is 0 Å². The van der Waals surface area contributed by atoms with Gasteiger partial charge in [-0.2, -0.15) is 5.10 Å². The second-order valence-electron chi connectivity index (χ2n) is 2.18. The van der Waals surface area contributed by atoms with E-state index in [0.29, 0.717) is 5.69 Å². The summed E-state index contributed by atoms with van der Waals surface area (Å²) in [5, 5.41) is 3.65. The van der Waals surface area contributed by atoms with Gasteiger partial charge in [-0.25, -0.2) is 5.43 Å². The maximum Gasteiger partial charge on any atom is 0.236 e. The number of hydrogen-bond acceptors (Lipinski definition) is 3. The highest BCUT2D eigenvalue weighted by atomic mass is 16.2. The third kappa shape index (κ3) is 2.92. The lowest BCUT2D eigenvalue weighted by molar-refractivity contribution is -0.118. The first-order chi connectivity index (χ1) is 5.79. The van der Waals surface area contributed by atoms with Crippen molar-refractivity contribution in [2.24, 2.45) is 5.10 Å². The minimum atomic E-state index is -0.192. The number of rotatable bonds is 2. The summed E-state index contributed by atoms with van der Waals surface area (Å²) in [6.07, 6.45) is 3.15. The molecule has 0 bridgehead atoms. The highest BCUT2D eigenvalue weighted by Gasteiger charge is 1.86. The number of pyridine rings is 1. The van der Waals surface area contributed by atoms with Gasteiger partial charge < -0.3 is 0 Å². The van der Waals surface area contributed by atoms with Crippen LogP contribution in [0.2, 0.25) is 0 Å². The molecule has 0 aliphatic rings. The number of aromatic nitrogens is 1. The van der Waals surface area contributed by atoms with E-state index in [2.05, 4.69) is 15.5 Å². The van der Waals surface area contributed by atoms with Gasteiger partial charge in [0.25, 0.3) is 0 Å². The van der Waals surface area contributed by atoms with E-state index in [1.54, 1.807) is 12.3 Å². The van der Waals surface area contributed by atoms with Gasteiger partial charge in [0.15, 0.2) is 0 Å². The second kappa shape index (κ2) is 4.23. The molecule has 0 radical (unpaired) electrons. The molecule has 12 heavy (non-hydrogen) atoms. The average Bonchev–Trinajstić information content (AvgIpc) is 2.05. The molecule has 0 aliphatic heterocycles. The van der Waals surface area contributed by atoms with Crippen LogP contribution >= 0.6 is 0 Å². The molecular formula is C8H9N3O. The minimum Gasteiger partial charge on any atom is -0.274 e. The number of carbonyl (C=O) groups is 1. The molecule has 1 N–H and O–H groups in total. The fourth-order valence-electron chi connectivity index (χ4n) is 0.642. The first-order valence-corrected chi connectivity index (χ1v) is 3.50. The van der Waals surface area contributed by atoms with Crippen LogP contribution in [0.4, 0.5) is 0 Å². The zero-order chi connectivity index (χ0) is 8.81. The molecule has 0 unspecified atom stereocenters. The van der Waals surface area contributed by atoms with Gasteiger partial charge in [-0.3, -0.25) is 9.78 Å². The van der Waals surface area contributed by atoms with Gasteiger partial charge in [0.1, 0.15) is 0 Å². The fraction of sp³-hybridized carbons (Fsp3) is 0.125. The predicted octanol–water partition coefficient (Wildman–Crippen LogP) is 0.552. The van der Waals surface area contributed by atoms with E-state index in [0.717, 1.165) is 0 Å². The quantitative estimate of drug-likeness (QED) is 0.511. The molecule has 0 fully saturated rings. The average molecular weight is 163 g/mol. The number of nitrogens with one attached hydrogen (secondary N) is 1. The van der Waals surface area contributed by atoms with Crippen LogP contribution in [0.25, 0.3) is 0 Å². The Balaban J connectivity index is 2.52. The number of hydrogen-bond donors (Lipinski definition) is 1. The zero-order valence-corrected chi connectivity index (χ0v) is 6.69. The maximum atomic E-state index is 10.4. The van der Waals surface area contributed by atoms with Crippen molar-refractivity contribution in [1.29, 1.82) is 0 Å². The Morgan fingerprint density at radius 2 is 2.50 bits per heavy atom. The van der Waals surface area contributed by atoms with Crippen LogP contribution in [0, 0.1) is 0 Å². The summed E-state index contributed by atoms with van der Waals surface area (Å²) in [6, 6.07) is 5.46. The van der Waals surface area contributed by atoms with E-state index in [-0.39, 0.29) is 5.91 Å². The van der Waals surface area contributed by atoms with Crippen molar-refractivity contribution in [2.75, 3.05) is 0 Å². The zero-order valence-electron chi connectivity index (χ0n) is 6.69. The number of nitrogens with zero attached hydrogens (tertiary/aromatic N) is 2. The topological polar surface area (TPSA) is 54.4 Å². The van der Waals surface area contributed by atoms with Gasteiger partial charge in [0.2, 0.25) is 5.91 Å². The molecule has 0 saturated heterocycles. The predicted molar refractivity (Wildman–Crippen MR) is 45.6 cm³/mol. The first-order valence-electron chi connectivity index (χ1n) is 3.50. The van der Waals surface area contributed by atoms with Crippen molar-refractivity contribution in [3.63, 3.8) is 0 Å². The highest BCUT2D eigenvalue weighted by Crippen LogP contribution is 1.86. The Kier molecular flexibility index (Phi) is 2.95. The van der Waals surface area contributed by atoms with E-state index < -0.39 is 0 Å². The maximum absolute atomic E-state index is 10.4. The first kappa shape index (κ1) is 8.39. The van der Waals surface area contributed by atoms with Gasteiger partial charge in [-0.05, 0) is 12.1 Å². The Morgan fingerprint density at radius 1 is 1.67 bits per heavy atom.